The second kappa shape index (κ2) is 7.89. The Morgan fingerprint density at radius 2 is 2.00 bits per heavy atom. The molecule has 3 heterocycles. The Bertz CT molecular complexity index is 944. The van der Waals surface area contributed by atoms with Crippen molar-refractivity contribution in [1.82, 2.24) is 20.3 Å². The molecule has 0 radical (unpaired) electrons. The van der Waals surface area contributed by atoms with Gasteiger partial charge in [0, 0.05) is 6.20 Å². The summed E-state index contributed by atoms with van der Waals surface area (Å²) in [6.45, 7) is -0.901. The second-order valence-corrected chi connectivity index (χ2v) is 7.55. The number of hydrogen-bond donors (Lipinski definition) is 1. The van der Waals surface area contributed by atoms with Gasteiger partial charge < -0.3 is 15.0 Å². The Balaban J connectivity index is 1.56. The highest BCUT2D eigenvalue weighted by molar-refractivity contribution is 5.92. The quantitative estimate of drug-likeness (QED) is 0.663. The monoisotopic (exact) mass is 443 g/mol. The third kappa shape index (κ3) is 5.00. The van der Waals surface area contributed by atoms with Crippen LogP contribution in [0.2, 0.25) is 0 Å². The molecule has 0 spiro atoms. The fourth-order valence-corrected chi connectivity index (χ4v) is 3.01. The predicted octanol–water partition coefficient (Wildman–Crippen LogP) is 3.15. The molecular formula is C19H18F5N5O2. The van der Waals surface area contributed by atoms with Crippen molar-refractivity contribution in [3.05, 3.63) is 42.0 Å². The van der Waals surface area contributed by atoms with Crippen LogP contribution in [0.4, 0.5) is 27.8 Å². The number of nitrogens with zero attached hydrogens (tertiary/aromatic N) is 4. The van der Waals surface area contributed by atoms with Gasteiger partial charge in [-0.3, -0.25) is 9.78 Å². The van der Waals surface area contributed by atoms with Crippen LogP contribution in [0.15, 0.2) is 30.6 Å². The maximum atomic E-state index is 13.5. The highest BCUT2D eigenvalue weighted by Crippen LogP contribution is 2.37. The Kier molecular flexibility index (Phi) is 5.40. The number of carbonyl (C=O) groups is 1. The number of nitrogens with one attached hydrogen (secondary N) is 1. The molecule has 1 saturated heterocycles. The van der Waals surface area contributed by atoms with E-state index in [1.165, 1.54) is 23.2 Å². The van der Waals surface area contributed by atoms with E-state index in [0.717, 1.165) is 25.1 Å². The van der Waals surface area contributed by atoms with Crippen molar-refractivity contribution in [3.8, 4) is 5.88 Å². The molecule has 1 aliphatic carbocycles. The van der Waals surface area contributed by atoms with Crippen LogP contribution in [-0.4, -0.2) is 52.7 Å². The summed E-state index contributed by atoms with van der Waals surface area (Å²) >= 11 is 0. The first-order valence-electron chi connectivity index (χ1n) is 9.53. The number of alkyl halides is 5. The van der Waals surface area contributed by atoms with Crippen molar-refractivity contribution in [2.75, 3.05) is 24.6 Å². The van der Waals surface area contributed by atoms with E-state index in [0.29, 0.717) is 5.92 Å². The summed E-state index contributed by atoms with van der Waals surface area (Å²) in [5.41, 5.74) is -0.812. The van der Waals surface area contributed by atoms with Gasteiger partial charge in [-0.15, -0.1) is 0 Å². The summed E-state index contributed by atoms with van der Waals surface area (Å²) in [6, 6.07) is 1.61. The lowest BCUT2D eigenvalue weighted by Crippen LogP contribution is -2.56. The zero-order chi connectivity index (χ0) is 22.2. The molecular weight excluding hydrogens is 425 g/mol. The third-order valence-corrected chi connectivity index (χ3v) is 4.84. The lowest BCUT2D eigenvalue weighted by atomic mass is 10.1. The van der Waals surface area contributed by atoms with Crippen molar-refractivity contribution in [1.29, 1.82) is 0 Å². The second-order valence-electron chi connectivity index (χ2n) is 7.55. The van der Waals surface area contributed by atoms with Crippen LogP contribution in [0.3, 0.4) is 0 Å². The molecule has 31 heavy (non-hydrogen) atoms. The molecule has 1 saturated carbocycles. The first kappa shape index (κ1) is 21.2. The maximum Gasteiger partial charge on any atom is 0.414 e. The molecule has 0 bridgehead atoms. The van der Waals surface area contributed by atoms with Crippen molar-refractivity contribution >= 4 is 11.7 Å². The van der Waals surface area contributed by atoms with E-state index in [1.807, 2.05) is 5.32 Å². The zero-order valence-corrected chi connectivity index (χ0v) is 16.1. The molecule has 1 atom stereocenters. The van der Waals surface area contributed by atoms with Gasteiger partial charge in [0.25, 0.3) is 17.7 Å². The van der Waals surface area contributed by atoms with Gasteiger partial charge in [0.2, 0.25) is 0 Å². The van der Waals surface area contributed by atoms with Gasteiger partial charge >= 0.3 is 6.18 Å². The molecule has 2 aromatic heterocycles. The highest BCUT2D eigenvalue weighted by atomic mass is 19.4. The molecule has 2 fully saturated rings. The number of aromatic nitrogens is 3. The molecule has 0 aromatic carbocycles. The van der Waals surface area contributed by atoms with Crippen molar-refractivity contribution < 1.29 is 31.5 Å². The first-order valence-corrected chi connectivity index (χ1v) is 9.53. The minimum absolute atomic E-state index is 0.0280. The molecule has 2 aromatic rings. The van der Waals surface area contributed by atoms with Crippen LogP contribution in [0.5, 0.6) is 5.88 Å². The van der Waals surface area contributed by atoms with E-state index in [1.54, 1.807) is 0 Å². The molecule has 7 nitrogen and oxygen atoms in total. The molecule has 4 rings (SSSR count). The van der Waals surface area contributed by atoms with E-state index < -0.39 is 42.8 Å². The van der Waals surface area contributed by atoms with Gasteiger partial charge in [-0.25, -0.2) is 18.7 Å². The number of halogens is 5. The fraction of sp³-hybridized carbons (Fsp3) is 0.474. The zero-order valence-electron chi connectivity index (χ0n) is 16.1. The summed E-state index contributed by atoms with van der Waals surface area (Å²) in [5.74, 6) is -3.84. The third-order valence-electron chi connectivity index (χ3n) is 4.84. The normalized spacial score (nSPS) is 18.8. The summed E-state index contributed by atoms with van der Waals surface area (Å²) in [7, 11) is 0. The minimum atomic E-state index is -4.80. The van der Waals surface area contributed by atoms with Crippen molar-refractivity contribution in [3.63, 3.8) is 0 Å². The Labute approximate surface area is 173 Å². The van der Waals surface area contributed by atoms with Crippen LogP contribution in [0.25, 0.3) is 0 Å². The smallest absolute Gasteiger partial charge is 0.414 e. The van der Waals surface area contributed by atoms with E-state index in [-0.39, 0.29) is 24.0 Å². The van der Waals surface area contributed by atoms with Gasteiger partial charge in [0.15, 0.2) is 17.6 Å². The molecule has 166 valence electrons. The lowest BCUT2D eigenvalue weighted by molar-refractivity contribution is -0.156. The Morgan fingerprint density at radius 3 is 2.58 bits per heavy atom. The number of hydrogen-bond acceptors (Lipinski definition) is 6. The van der Waals surface area contributed by atoms with E-state index in [9.17, 15) is 26.7 Å². The summed E-state index contributed by atoms with van der Waals surface area (Å²) in [4.78, 5) is 25.4. The Hall–Kier alpha value is -3.05. The highest BCUT2D eigenvalue weighted by Gasteiger charge is 2.46. The van der Waals surface area contributed by atoms with Crippen LogP contribution < -0.4 is 15.0 Å². The van der Waals surface area contributed by atoms with Crippen molar-refractivity contribution in [2.24, 2.45) is 5.92 Å². The number of pyridine rings is 1. The summed E-state index contributed by atoms with van der Waals surface area (Å²) in [5, 5.41) is 1.87. The van der Waals surface area contributed by atoms with Gasteiger partial charge in [0.05, 0.1) is 31.6 Å². The van der Waals surface area contributed by atoms with Gasteiger partial charge in [-0.2, -0.15) is 13.2 Å². The van der Waals surface area contributed by atoms with E-state index >= 15 is 0 Å². The summed E-state index contributed by atoms with van der Waals surface area (Å²) in [6.07, 6.45) is -0.783. The largest absolute Gasteiger partial charge is 0.475 e. The SMILES string of the molecule is O=C(N[C@@H](c1ccccn1)C(F)(F)F)c1cnc(N2CC(F)(F)C2)c(OCC2CC2)n1. The fourth-order valence-electron chi connectivity index (χ4n) is 3.01. The van der Waals surface area contributed by atoms with Crippen molar-refractivity contribution in [2.45, 2.75) is 31.0 Å². The molecule has 1 N–H and O–H groups in total. The molecule has 2 aliphatic rings. The molecule has 1 aliphatic heterocycles. The number of rotatable bonds is 7. The number of anilines is 1. The van der Waals surface area contributed by atoms with Gasteiger partial charge in [-0.1, -0.05) is 6.07 Å². The first-order chi connectivity index (χ1) is 14.6. The average Bonchev–Trinajstić information content (AvgIpc) is 3.52. The Morgan fingerprint density at radius 1 is 1.26 bits per heavy atom. The van der Waals surface area contributed by atoms with E-state index in [4.69, 9.17) is 4.74 Å². The number of carbonyl (C=O) groups excluding carboxylic acids is 1. The van der Waals surface area contributed by atoms with Crippen LogP contribution in [0.1, 0.15) is 35.1 Å². The van der Waals surface area contributed by atoms with Gasteiger partial charge in [-0.05, 0) is 30.9 Å². The number of ether oxygens (including phenoxy) is 1. The molecule has 1 amide bonds. The van der Waals surface area contributed by atoms with E-state index in [2.05, 4.69) is 15.0 Å². The van der Waals surface area contributed by atoms with Crippen LogP contribution in [0, 0.1) is 5.92 Å². The predicted molar refractivity (Wildman–Crippen MR) is 97.9 cm³/mol. The maximum absolute atomic E-state index is 13.5. The number of amides is 1. The molecule has 0 unspecified atom stereocenters. The average molecular weight is 443 g/mol. The van der Waals surface area contributed by atoms with Gasteiger partial charge in [0.1, 0.15) is 0 Å². The summed E-state index contributed by atoms with van der Waals surface area (Å²) < 4.78 is 72.5. The lowest BCUT2D eigenvalue weighted by Gasteiger charge is -2.39. The molecule has 12 heteroatoms. The van der Waals surface area contributed by atoms with Crippen LogP contribution in [-0.2, 0) is 0 Å². The minimum Gasteiger partial charge on any atom is -0.475 e. The van der Waals surface area contributed by atoms with Crippen LogP contribution >= 0.6 is 0 Å². The topological polar surface area (TPSA) is 80.2 Å². The standard InChI is InChI=1S/C19H18F5N5O2/c20-18(21)9-29(10-18)15-17(31-8-11-4-5-11)27-13(7-26-15)16(30)28-14(19(22,23)24)12-3-1-2-6-25-12/h1-3,6-7,11,14H,4-5,8-10H2,(H,28,30)/t14-/m0/s1.